The Morgan fingerprint density at radius 3 is 2.00 bits per heavy atom. The van der Waals surface area contributed by atoms with Crippen molar-refractivity contribution in [1.29, 1.82) is 0 Å². The quantitative estimate of drug-likeness (QED) is 0.810. The molecule has 15 heavy (non-hydrogen) atoms. The Morgan fingerprint density at radius 1 is 1.27 bits per heavy atom. The molecule has 0 aromatic heterocycles. The molecule has 1 aliphatic rings. The molecule has 0 bridgehead atoms. The largest absolute Gasteiger partial charge is 0.405 e. The van der Waals surface area contributed by atoms with Crippen molar-refractivity contribution in [2.45, 2.75) is 50.6 Å². The average molecular weight is 243 g/mol. The van der Waals surface area contributed by atoms with Crippen LogP contribution in [-0.2, 0) is 11.0 Å². The lowest BCUT2D eigenvalue weighted by Gasteiger charge is -2.25. The molecule has 2 nitrogen and oxygen atoms in total. The number of nitrogens with one attached hydrogen (secondary N) is 1. The summed E-state index contributed by atoms with van der Waals surface area (Å²) in [5.74, 6) is -0.392. The molecule has 1 N–H and O–H groups in total. The molecule has 2 atom stereocenters. The number of hydrogen-bond donors (Lipinski definition) is 1. The Bertz CT molecular complexity index is 255. The van der Waals surface area contributed by atoms with E-state index in [1.54, 1.807) is 20.8 Å². The van der Waals surface area contributed by atoms with Gasteiger partial charge in [-0.1, -0.05) is 0 Å². The summed E-state index contributed by atoms with van der Waals surface area (Å²) < 4.78 is 50.8. The maximum Gasteiger partial charge on any atom is 0.405 e. The van der Waals surface area contributed by atoms with E-state index in [-0.39, 0.29) is 0 Å². The maximum absolute atomic E-state index is 12.6. The molecule has 0 spiro atoms. The third-order valence-corrected chi connectivity index (χ3v) is 3.82. The monoisotopic (exact) mass is 243 g/mol. The van der Waals surface area contributed by atoms with Crippen molar-refractivity contribution in [2.75, 3.05) is 0 Å². The summed E-state index contributed by atoms with van der Waals surface area (Å²) >= 11 is 0. The Hall–Kier alpha value is -0.100. The van der Waals surface area contributed by atoms with Crippen molar-refractivity contribution in [2.24, 2.45) is 5.92 Å². The minimum Gasteiger partial charge on any atom is -0.242 e. The molecular weight excluding hydrogens is 227 g/mol. The standard InChI is InChI=1S/C9H16F3NOS/c1-8(2,3)15(14)13-7(6-4-5-6)9(10,11)12/h6-7,13H,4-5H2,1-3H3/t7?,15-/m1/s1. The molecule has 0 aromatic carbocycles. The number of hydrogen-bond acceptors (Lipinski definition) is 1. The van der Waals surface area contributed by atoms with Crippen molar-refractivity contribution in [1.82, 2.24) is 4.72 Å². The zero-order valence-electron chi connectivity index (χ0n) is 9.02. The van der Waals surface area contributed by atoms with Crippen LogP contribution in [0.4, 0.5) is 13.2 Å². The first kappa shape index (κ1) is 13.0. The van der Waals surface area contributed by atoms with E-state index in [1.807, 2.05) is 0 Å². The van der Waals surface area contributed by atoms with Gasteiger partial charge in [0, 0.05) is 0 Å². The molecular formula is C9H16F3NOS. The van der Waals surface area contributed by atoms with Crippen molar-refractivity contribution >= 4 is 11.0 Å². The highest BCUT2D eigenvalue weighted by atomic mass is 32.2. The second-order valence-electron chi connectivity index (χ2n) is 4.86. The van der Waals surface area contributed by atoms with Gasteiger partial charge in [-0.2, -0.15) is 13.2 Å². The predicted octanol–water partition coefficient (Wildman–Crippen LogP) is 2.38. The van der Waals surface area contributed by atoms with Gasteiger partial charge in [-0.3, -0.25) is 0 Å². The molecule has 1 saturated carbocycles. The van der Waals surface area contributed by atoms with E-state index >= 15 is 0 Å². The molecule has 0 radical (unpaired) electrons. The second kappa shape index (κ2) is 4.05. The van der Waals surface area contributed by atoms with Crippen molar-refractivity contribution in [3.63, 3.8) is 0 Å². The van der Waals surface area contributed by atoms with Crippen LogP contribution in [0.2, 0.25) is 0 Å². The van der Waals surface area contributed by atoms with Crippen LogP contribution >= 0.6 is 0 Å². The van der Waals surface area contributed by atoms with Gasteiger partial charge in [-0.05, 0) is 39.5 Å². The van der Waals surface area contributed by atoms with Crippen molar-refractivity contribution in [3.05, 3.63) is 0 Å². The molecule has 0 aromatic rings. The first-order chi connectivity index (χ1) is 6.62. The number of halogens is 3. The summed E-state index contributed by atoms with van der Waals surface area (Å²) in [7, 11) is -1.66. The van der Waals surface area contributed by atoms with E-state index in [2.05, 4.69) is 4.72 Å². The highest BCUT2D eigenvalue weighted by Crippen LogP contribution is 2.40. The van der Waals surface area contributed by atoms with Gasteiger partial charge in [0.2, 0.25) is 0 Å². The molecule has 1 fully saturated rings. The number of rotatable bonds is 3. The molecule has 6 heteroatoms. The van der Waals surface area contributed by atoms with Crippen LogP contribution in [-0.4, -0.2) is 21.2 Å². The molecule has 1 rings (SSSR count). The van der Waals surface area contributed by atoms with Crippen LogP contribution in [0.3, 0.4) is 0 Å². The lowest BCUT2D eigenvalue weighted by molar-refractivity contribution is -0.155. The second-order valence-corrected chi connectivity index (χ2v) is 6.85. The summed E-state index contributed by atoms with van der Waals surface area (Å²) in [6.07, 6.45) is -3.17. The Kier molecular flexibility index (Phi) is 3.50. The van der Waals surface area contributed by atoms with Gasteiger partial charge in [0.15, 0.2) is 0 Å². The smallest absolute Gasteiger partial charge is 0.242 e. The fourth-order valence-corrected chi connectivity index (χ4v) is 2.06. The van der Waals surface area contributed by atoms with Crippen LogP contribution in [0.25, 0.3) is 0 Å². The van der Waals surface area contributed by atoms with E-state index in [9.17, 15) is 17.4 Å². The van der Waals surface area contributed by atoms with Gasteiger partial charge in [0.05, 0.1) is 15.7 Å². The third-order valence-electron chi connectivity index (χ3n) is 2.24. The van der Waals surface area contributed by atoms with Crippen molar-refractivity contribution in [3.8, 4) is 0 Å². The first-order valence-corrected chi connectivity index (χ1v) is 6.02. The van der Waals surface area contributed by atoms with Crippen molar-refractivity contribution < 1.29 is 17.4 Å². The first-order valence-electron chi connectivity index (χ1n) is 4.87. The van der Waals surface area contributed by atoms with Crippen LogP contribution in [0, 0.1) is 5.92 Å². The zero-order chi connectivity index (χ0) is 11.9. The lowest BCUT2D eigenvalue weighted by atomic mass is 10.2. The van der Waals surface area contributed by atoms with Crippen LogP contribution in [0.15, 0.2) is 0 Å². The molecule has 1 unspecified atom stereocenters. The molecule has 0 heterocycles. The predicted molar refractivity (Wildman–Crippen MR) is 53.6 cm³/mol. The zero-order valence-corrected chi connectivity index (χ0v) is 9.84. The SMILES string of the molecule is CC(C)(C)[S@@](=O)NC(C1CC1)C(F)(F)F. The van der Waals surface area contributed by atoms with Gasteiger partial charge < -0.3 is 0 Å². The highest BCUT2D eigenvalue weighted by molar-refractivity contribution is 7.84. The molecule has 0 amide bonds. The minimum atomic E-state index is -4.30. The maximum atomic E-state index is 12.6. The Balaban J connectivity index is 2.64. The van der Waals surface area contributed by atoms with Crippen LogP contribution in [0.5, 0.6) is 0 Å². The van der Waals surface area contributed by atoms with E-state index in [0.29, 0.717) is 12.8 Å². The van der Waals surface area contributed by atoms with Gasteiger partial charge in [0.25, 0.3) is 0 Å². The molecule has 0 aliphatic heterocycles. The van der Waals surface area contributed by atoms with Gasteiger partial charge in [-0.25, -0.2) is 8.93 Å². The normalized spacial score (nSPS) is 22.5. The Labute approximate surface area is 90.2 Å². The summed E-state index contributed by atoms with van der Waals surface area (Å²) in [5, 5.41) is 0. The fraction of sp³-hybridized carbons (Fsp3) is 1.00. The van der Waals surface area contributed by atoms with Crippen LogP contribution in [0.1, 0.15) is 33.6 Å². The number of alkyl halides is 3. The van der Waals surface area contributed by atoms with E-state index < -0.39 is 33.9 Å². The van der Waals surface area contributed by atoms with E-state index in [1.165, 1.54) is 0 Å². The summed E-state index contributed by atoms with van der Waals surface area (Å²) in [5.41, 5.74) is 0. The minimum absolute atomic E-state index is 0.392. The average Bonchev–Trinajstić information content (AvgIpc) is 2.77. The highest BCUT2D eigenvalue weighted by Gasteiger charge is 2.50. The van der Waals surface area contributed by atoms with Gasteiger partial charge in [-0.15, -0.1) is 0 Å². The Morgan fingerprint density at radius 2 is 1.73 bits per heavy atom. The van der Waals surface area contributed by atoms with E-state index in [4.69, 9.17) is 0 Å². The van der Waals surface area contributed by atoms with Gasteiger partial charge >= 0.3 is 6.18 Å². The summed E-state index contributed by atoms with van der Waals surface area (Å²) in [6.45, 7) is 4.95. The summed E-state index contributed by atoms with van der Waals surface area (Å²) in [4.78, 5) is 0. The third kappa shape index (κ3) is 3.75. The van der Waals surface area contributed by atoms with Crippen LogP contribution < -0.4 is 4.72 Å². The lowest BCUT2D eigenvalue weighted by Crippen LogP contribution is -2.48. The van der Waals surface area contributed by atoms with Gasteiger partial charge in [0.1, 0.15) is 6.04 Å². The molecule has 90 valence electrons. The summed E-state index contributed by atoms with van der Waals surface area (Å²) in [6, 6.07) is -1.61. The molecule has 0 saturated heterocycles. The topological polar surface area (TPSA) is 29.1 Å². The fourth-order valence-electron chi connectivity index (χ4n) is 1.15. The van der Waals surface area contributed by atoms with E-state index in [0.717, 1.165) is 0 Å². The molecule has 1 aliphatic carbocycles.